The molecular formula is C27H42ClNO6. The number of aliphatic hydroxyl groups is 2. The van der Waals surface area contributed by atoms with Gasteiger partial charge in [-0.1, -0.05) is 33.3 Å². The Labute approximate surface area is 215 Å². The minimum absolute atomic E-state index is 0. The Morgan fingerprint density at radius 1 is 1.14 bits per heavy atom. The molecule has 0 aliphatic heterocycles. The van der Waals surface area contributed by atoms with Crippen molar-refractivity contribution in [1.29, 1.82) is 0 Å². The van der Waals surface area contributed by atoms with Gasteiger partial charge in [-0.05, 0) is 80.9 Å². The minimum Gasteiger partial charge on any atom is -0.457 e. The first kappa shape index (κ1) is 28.3. The second-order valence-corrected chi connectivity index (χ2v) is 11.5. The molecular weight excluding hydrogens is 470 g/mol. The topological polar surface area (TPSA) is 104 Å². The Hall–Kier alpha value is -1.28. The van der Waals surface area contributed by atoms with Crippen LogP contribution in [0.5, 0.6) is 0 Å². The lowest BCUT2D eigenvalue weighted by Crippen LogP contribution is -2.62. The molecule has 7 unspecified atom stereocenters. The zero-order valence-electron chi connectivity index (χ0n) is 21.5. The van der Waals surface area contributed by atoms with Gasteiger partial charge in [0.2, 0.25) is 5.78 Å². The number of likely N-dealkylation sites (N-methyl/N-ethyl adjacent to an activating group) is 1. The van der Waals surface area contributed by atoms with Gasteiger partial charge in [0.25, 0.3) is 0 Å². The van der Waals surface area contributed by atoms with Gasteiger partial charge >= 0.3 is 5.97 Å². The van der Waals surface area contributed by atoms with Crippen LogP contribution in [-0.2, 0) is 19.1 Å². The summed E-state index contributed by atoms with van der Waals surface area (Å²) in [5.74, 6) is -0.411. The average molecular weight is 512 g/mol. The Kier molecular flexibility index (Phi) is 8.27. The molecule has 198 valence electrons. The van der Waals surface area contributed by atoms with Crippen LogP contribution in [0, 0.1) is 28.6 Å². The predicted molar refractivity (Wildman–Crippen MR) is 134 cm³/mol. The fourth-order valence-corrected chi connectivity index (χ4v) is 8.09. The zero-order chi connectivity index (χ0) is 24.9. The first-order chi connectivity index (χ1) is 16.0. The third kappa shape index (κ3) is 4.51. The molecule has 7 nitrogen and oxygen atoms in total. The highest BCUT2D eigenvalue weighted by Crippen LogP contribution is 2.67. The lowest BCUT2D eigenvalue weighted by atomic mass is 9.45. The van der Waals surface area contributed by atoms with Crippen molar-refractivity contribution in [3.05, 3.63) is 11.6 Å². The largest absolute Gasteiger partial charge is 0.457 e. The molecule has 4 rings (SSSR count). The Bertz CT molecular complexity index is 887. The standard InChI is InChI=1S/C27H41NO6.ClH/c1-5-28(6-2)15-23(32)34-16-22(31)27(33)12-10-20-19-8-7-17-13-18(29)9-11-25(17,3)24(19)21(30)14-26(20,27)4;/h13,19-21,24,30,33H,5-12,14-16H2,1-4H3;1H. The van der Waals surface area contributed by atoms with Gasteiger partial charge in [0.1, 0.15) is 5.60 Å². The summed E-state index contributed by atoms with van der Waals surface area (Å²) in [6, 6.07) is 0. The SMILES string of the molecule is CCN(CC)CC(=O)OCC(=O)C1(O)CCC2C3CCC4=CC(=O)CCC4(C)C3C(O)CC21C.Cl. The van der Waals surface area contributed by atoms with Crippen molar-refractivity contribution in [1.82, 2.24) is 4.90 Å². The van der Waals surface area contributed by atoms with E-state index >= 15 is 0 Å². The minimum atomic E-state index is -1.61. The zero-order valence-corrected chi connectivity index (χ0v) is 22.4. The van der Waals surface area contributed by atoms with Crippen LogP contribution in [0.1, 0.15) is 72.6 Å². The van der Waals surface area contributed by atoms with Crippen molar-refractivity contribution in [3.63, 3.8) is 0 Å². The first-order valence-corrected chi connectivity index (χ1v) is 13.1. The summed E-state index contributed by atoms with van der Waals surface area (Å²) in [4.78, 5) is 39.5. The third-order valence-electron chi connectivity index (χ3n) is 10.1. The fraction of sp³-hybridized carbons (Fsp3) is 0.815. The Morgan fingerprint density at radius 3 is 2.49 bits per heavy atom. The maximum absolute atomic E-state index is 13.3. The van der Waals surface area contributed by atoms with Crippen molar-refractivity contribution in [2.75, 3.05) is 26.2 Å². The van der Waals surface area contributed by atoms with E-state index in [1.54, 1.807) is 6.08 Å². The maximum Gasteiger partial charge on any atom is 0.320 e. The van der Waals surface area contributed by atoms with E-state index in [0.717, 1.165) is 24.8 Å². The van der Waals surface area contributed by atoms with E-state index in [1.807, 2.05) is 25.7 Å². The number of hydrogen-bond donors (Lipinski definition) is 2. The average Bonchev–Trinajstić information content (AvgIpc) is 3.07. The number of ketones is 2. The number of halogens is 1. The van der Waals surface area contributed by atoms with Gasteiger partial charge in [-0.2, -0.15) is 0 Å². The molecule has 8 heteroatoms. The molecule has 3 fully saturated rings. The highest BCUT2D eigenvalue weighted by atomic mass is 35.5. The quantitative estimate of drug-likeness (QED) is 0.506. The van der Waals surface area contributed by atoms with E-state index in [1.165, 1.54) is 0 Å². The summed E-state index contributed by atoms with van der Waals surface area (Å²) in [5, 5.41) is 23.2. The number of esters is 1. The van der Waals surface area contributed by atoms with E-state index in [9.17, 15) is 24.6 Å². The smallest absolute Gasteiger partial charge is 0.320 e. The second-order valence-electron chi connectivity index (χ2n) is 11.5. The summed E-state index contributed by atoms with van der Waals surface area (Å²) in [7, 11) is 0. The van der Waals surface area contributed by atoms with Gasteiger partial charge in [-0.15, -0.1) is 12.4 Å². The molecule has 2 N–H and O–H groups in total. The van der Waals surface area contributed by atoms with Gasteiger partial charge in [-0.25, -0.2) is 0 Å². The number of carbonyl (C=O) groups is 3. The molecule has 35 heavy (non-hydrogen) atoms. The monoisotopic (exact) mass is 511 g/mol. The van der Waals surface area contributed by atoms with Gasteiger partial charge < -0.3 is 14.9 Å². The number of aliphatic hydroxyl groups excluding tert-OH is 1. The normalized spacial score (nSPS) is 40.2. The van der Waals surface area contributed by atoms with E-state index < -0.39 is 35.5 Å². The summed E-state index contributed by atoms with van der Waals surface area (Å²) in [5.41, 5.74) is -1.42. The number of ether oxygens (including phenoxy) is 1. The molecule has 0 aromatic heterocycles. The molecule has 7 atom stereocenters. The molecule has 0 heterocycles. The molecule has 0 saturated heterocycles. The van der Waals surface area contributed by atoms with Crippen LogP contribution in [0.4, 0.5) is 0 Å². The summed E-state index contributed by atoms with van der Waals surface area (Å²) in [6.45, 7) is 9.17. The Balaban J connectivity index is 0.00000342. The molecule has 0 bridgehead atoms. The summed E-state index contributed by atoms with van der Waals surface area (Å²) in [6.07, 6.45) is 5.49. The van der Waals surface area contributed by atoms with Crippen LogP contribution in [0.25, 0.3) is 0 Å². The fourth-order valence-electron chi connectivity index (χ4n) is 8.09. The van der Waals surface area contributed by atoms with Crippen LogP contribution in [-0.4, -0.2) is 70.6 Å². The molecule has 4 aliphatic rings. The number of nitrogens with zero attached hydrogens (tertiary/aromatic N) is 1. The highest BCUT2D eigenvalue weighted by molar-refractivity contribution is 5.92. The van der Waals surface area contributed by atoms with Gasteiger partial charge in [0.15, 0.2) is 12.4 Å². The number of hydrogen-bond acceptors (Lipinski definition) is 7. The van der Waals surface area contributed by atoms with Crippen LogP contribution in [0.15, 0.2) is 11.6 Å². The molecule has 0 spiro atoms. The van der Waals surface area contributed by atoms with Crippen molar-refractivity contribution in [3.8, 4) is 0 Å². The molecule has 0 aromatic carbocycles. The number of fused-ring (bicyclic) bond motifs is 5. The third-order valence-corrected chi connectivity index (χ3v) is 10.1. The molecule has 4 aliphatic carbocycles. The van der Waals surface area contributed by atoms with Crippen LogP contribution < -0.4 is 0 Å². The Morgan fingerprint density at radius 2 is 1.83 bits per heavy atom. The second kappa shape index (κ2) is 10.2. The molecule has 0 radical (unpaired) electrons. The summed E-state index contributed by atoms with van der Waals surface area (Å²) < 4.78 is 5.28. The van der Waals surface area contributed by atoms with Gasteiger partial charge in [0.05, 0.1) is 12.6 Å². The molecule has 3 saturated carbocycles. The van der Waals surface area contributed by atoms with E-state index in [0.29, 0.717) is 38.8 Å². The van der Waals surface area contributed by atoms with Crippen molar-refractivity contribution in [2.24, 2.45) is 28.6 Å². The van der Waals surface area contributed by atoms with Crippen LogP contribution in [0.3, 0.4) is 0 Å². The van der Waals surface area contributed by atoms with Crippen molar-refractivity contribution >= 4 is 29.9 Å². The molecule has 0 aromatic rings. The lowest BCUT2D eigenvalue weighted by Gasteiger charge is -2.60. The number of carbonyl (C=O) groups excluding carboxylic acids is 3. The molecule has 0 amide bonds. The van der Waals surface area contributed by atoms with Crippen molar-refractivity contribution in [2.45, 2.75) is 84.3 Å². The first-order valence-electron chi connectivity index (χ1n) is 13.1. The van der Waals surface area contributed by atoms with Gasteiger partial charge in [0, 0.05) is 11.8 Å². The van der Waals surface area contributed by atoms with Crippen molar-refractivity contribution < 1.29 is 29.3 Å². The highest BCUT2D eigenvalue weighted by Gasteiger charge is 2.68. The number of Topliss-reactive ketones (excluding diaryl/α,β-unsaturated/α-hetero) is 1. The summed E-state index contributed by atoms with van der Waals surface area (Å²) >= 11 is 0. The van der Waals surface area contributed by atoms with E-state index in [-0.39, 0.29) is 47.9 Å². The maximum atomic E-state index is 13.3. The predicted octanol–water partition coefficient (Wildman–Crippen LogP) is 3.10. The van der Waals surface area contributed by atoms with E-state index in [2.05, 4.69) is 6.92 Å². The lowest BCUT2D eigenvalue weighted by molar-refractivity contribution is -0.184. The number of rotatable bonds is 7. The van der Waals surface area contributed by atoms with E-state index in [4.69, 9.17) is 4.74 Å². The van der Waals surface area contributed by atoms with Crippen LogP contribution in [0.2, 0.25) is 0 Å². The van der Waals surface area contributed by atoms with Gasteiger partial charge in [-0.3, -0.25) is 19.3 Å². The van der Waals surface area contributed by atoms with Crippen LogP contribution >= 0.6 is 12.4 Å². The number of allylic oxidation sites excluding steroid dienone is 1.